The van der Waals surface area contributed by atoms with Gasteiger partial charge in [0.25, 0.3) is 0 Å². The summed E-state index contributed by atoms with van der Waals surface area (Å²) in [6, 6.07) is 32.4. The van der Waals surface area contributed by atoms with Crippen molar-refractivity contribution in [3.05, 3.63) is 108 Å². The molecule has 3 aromatic carbocycles. The van der Waals surface area contributed by atoms with Crippen molar-refractivity contribution in [2.45, 2.75) is 57.2 Å². The third-order valence-electron chi connectivity index (χ3n) is 8.63. The van der Waals surface area contributed by atoms with E-state index in [0.717, 1.165) is 63.0 Å². The second-order valence-corrected chi connectivity index (χ2v) is 11.6. The smallest absolute Gasteiger partial charge is 0.0912 e. The predicted molar refractivity (Wildman–Crippen MR) is 166 cm³/mol. The van der Waals surface area contributed by atoms with Crippen molar-refractivity contribution < 1.29 is 4.74 Å². The van der Waals surface area contributed by atoms with E-state index in [1.54, 1.807) is 0 Å². The molecule has 0 spiro atoms. The average Bonchev–Trinajstić information content (AvgIpc) is 3.94. The summed E-state index contributed by atoms with van der Waals surface area (Å²) in [6.07, 6.45) is 8.05. The first-order chi connectivity index (χ1) is 20.2. The Morgan fingerprint density at radius 1 is 0.829 bits per heavy atom. The van der Waals surface area contributed by atoms with Crippen LogP contribution >= 0.6 is 0 Å². The molecule has 2 saturated heterocycles. The minimum atomic E-state index is 0.333. The lowest BCUT2D eigenvalue weighted by Gasteiger charge is -2.19. The van der Waals surface area contributed by atoms with Gasteiger partial charge in [-0.05, 0) is 67.1 Å². The summed E-state index contributed by atoms with van der Waals surface area (Å²) < 4.78 is 6.14. The molecule has 2 aliphatic heterocycles. The Labute approximate surface area is 244 Å². The Kier molecular flexibility index (Phi) is 8.86. The fourth-order valence-electron chi connectivity index (χ4n) is 6.14. The van der Waals surface area contributed by atoms with Crippen molar-refractivity contribution in [2.24, 2.45) is 22.0 Å². The quantitative estimate of drug-likeness (QED) is 0.171. The Morgan fingerprint density at radius 3 is 2.17 bits per heavy atom. The van der Waals surface area contributed by atoms with Gasteiger partial charge in [0.15, 0.2) is 0 Å². The predicted octanol–water partition coefficient (Wildman–Crippen LogP) is 7.27. The van der Waals surface area contributed by atoms with Crippen molar-refractivity contribution in [1.82, 2.24) is 10.0 Å². The number of benzene rings is 3. The van der Waals surface area contributed by atoms with Crippen molar-refractivity contribution in [2.75, 3.05) is 19.7 Å². The van der Waals surface area contributed by atoms with Gasteiger partial charge in [-0.1, -0.05) is 91.0 Å². The molecule has 0 bridgehead atoms. The fourth-order valence-corrected chi connectivity index (χ4v) is 6.14. The number of rotatable bonds is 14. The second kappa shape index (κ2) is 13.3. The van der Waals surface area contributed by atoms with Gasteiger partial charge in [0.05, 0.1) is 44.1 Å². The molecule has 2 heterocycles. The Bertz CT molecular complexity index is 1330. The summed E-state index contributed by atoms with van der Waals surface area (Å²) in [5, 5.41) is 22.8. The third kappa shape index (κ3) is 7.50. The normalized spacial score (nSPS) is 23.9. The van der Waals surface area contributed by atoms with Crippen molar-refractivity contribution in [1.29, 1.82) is 5.41 Å². The standard InChI is InChI=1S/C35H41N5O/c36-33-21-18-28(17-10-22-37-39-23-34(39)29-13-6-2-7-14-29)32(33)20-19-31(26-41-25-27-11-4-1-5-12-27)38-40-24-35(40)30-15-8-3-9-16-30/h1-9,11-16,22,28,32,34-36H,10,17-21,23-26H2/b36-33?,37-22+,38-31+/t28-,32+,34?,35?,39?,40?/m0/s1. The number of hydrogen-bond acceptors (Lipinski definition) is 6. The van der Waals surface area contributed by atoms with E-state index in [1.807, 2.05) is 18.2 Å². The zero-order chi connectivity index (χ0) is 27.9. The van der Waals surface area contributed by atoms with Crippen LogP contribution < -0.4 is 0 Å². The first kappa shape index (κ1) is 27.4. The molecule has 0 amide bonds. The van der Waals surface area contributed by atoms with E-state index >= 15 is 0 Å². The van der Waals surface area contributed by atoms with Crippen molar-refractivity contribution in [3.63, 3.8) is 0 Å². The maximum absolute atomic E-state index is 8.69. The molecule has 3 aliphatic rings. The highest BCUT2D eigenvalue weighted by molar-refractivity contribution is 5.89. The minimum Gasteiger partial charge on any atom is -0.371 e. The average molecular weight is 548 g/mol. The van der Waals surface area contributed by atoms with Gasteiger partial charge >= 0.3 is 0 Å². The Morgan fingerprint density at radius 2 is 1.46 bits per heavy atom. The van der Waals surface area contributed by atoms with E-state index in [2.05, 4.69) is 89.0 Å². The van der Waals surface area contributed by atoms with E-state index in [1.165, 1.54) is 16.7 Å². The number of ether oxygens (including phenoxy) is 1. The van der Waals surface area contributed by atoms with Crippen LogP contribution in [-0.2, 0) is 11.3 Å². The molecule has 0 aromatic heterocycles. The first-order valence-electron chi connectivity index (χ1n) is 15.2. The van der Waals surface area contributed by atoms with Crippen LogP contribution in [0.5, 0.6) is 0 Å². The zero-order valence-corrected chi connectivity index (χ0v) is 23.8. The topological polar surface area (TPSA) is 63.8 Å². The van der Waals surface area contributed by atoms with Crippen LogP contribution in [0.3, 0.4) is 0 Å². The summed E-state index contributed by atoms with van der Waals surface area (Å²) in [5.74, 6) is 0.887. The maximum Gasteiger partial charge on any atom is 0.0912 e. The van der Waals surface area contributed by atoms with Crippen LogP contribution in [0.25, 0.3) is 0 Å². The molecule has 6 heteroatoms. The minimum absolute atomic E-state index is 0.333. The molecule has 1 aliphatic carbocycles. The number of hydrogen-bond donors (Lipinski definition) is 1. The molecule has 6 nitrogen and oxygen atoms in total. The summed E-state index contributed by atoms with van der Waals surface area (Å²) in [6.45, 7) is 3.08. The van der Waals surface area contributed by atoms with Gasteiger partial charge in [-0.3, -0.25) is 10.0 Å². The largest absolute Gasteiger partial charge is 0.371 e. The molecule has 1 saturated carbocycles. The third-order valence-corrected chi connectivity index (χ3v) is 8.63. The number of nitrogens with one attached hydrogen (secondary N) is 1. The van der Waals surface area contributed by atoms with E-state index in [0.29, 0.717) is 37.1 Å². The molecule has 3 fully saturated rings. The van der Waals surface area contributed by atoms with Gasteiger partial charge in [-0.15, -0.1) is 0 Å². The van der Waals surface area contributed by atoms with E-state index in [-0.39, 0.29) is 0 Å². The highest BCUT2D eigenvalue weighted by Crippen LogP contribution is 2.38. The lowest BCUT2D eigenvalue weighted by atomic mass is 9.87. The molecule has 41 heavy (non-hydrogen) atoms. The van der Waals surface area contributed by atoms with Crippen molar-refractivity contribution in [3.8, 4) is 0 Å². The van der Waals surface area contributed by atoms with Crippen LogP contribution in [0.2, 0.25) is 0 Å². The van der Waals surface area contributed by atoms with Gasteiger partial charge in [0.1, 0.15) is 0 Å². The first-order valence-corrected chi connectivity index (χ1v) is 15.2. The molecule has 1 N–H and O–H groups in total. The molecule has 3 aromatic rings. The number of nitrogens with zero attached hydrogens (tertiary/aromatic N) is 4. The van der Waals surface area contributed by atoms with Gasteiger partial charge in [0.2, 0.25) is 0 Å². The molecule has 2 unspecified atom stereocenters. The van der Waals surface area contributed by atoms with Crippen LogP contribution in [0.4, 0.5) is 0 Å². The van der Waals surface area contributed by atoms with E-state index < -0.39 is 0 Å². The van der Waals surface area contributed by atoms with Crippen molar-refractivity contribution >= 4 is 17.6 Å². The summed E-state index contributed by atoms with van der Waals surface area (Å²) in [4.78, 5) is 0. The van der Waals surface area contributed by atoms with Gasteiger partial charge < -0.3 is 10.1 Å². The Hall–Kier alpha value is -3.77. The summed E-state index contributed by atoms with van der Waals surface area (Å²) >= 11 is 0. The highest BCUT2D eigenvalue weighted by atomic mass is 16.5. The fraction of sp³-hybridized carbons (Fsp3) is 0.400. The van der Waals surface area contributed by atoms with Crippen LogP contribution in [0, 0.1) is 17.2 Å². The Balaban J connectivity index is 1.01. The molecule has 0 radical (unpaired) electrons. The van der Waals surface area contributed by atoms with Gasteiger partial charge in [-0.25, -0.2) is 0 Å². The number of hydrazone groups is 2. The summed E-state index contributed by atoms with van der Waals surface area (Å²) in [5.41, 5.74) is 5.85. The van der Waals surface area contributed by atoms with E-state index in [4.69, 9.17) is 20.3 Å². The maximum atomic E-state index is 8.69. The lowest BCUT2D eigenvalue weighted by Crippen LogP contribution is -2.19. The zero-order valence-electron chi connectivity index (χ0n) is 23.8. The van der Waals surface area contributed by atoms with Gasteiger partial charge in [-0.2, -0.15) is 10.2 Å². The van der Waals surface area contributed by atoms with Crippen LogP contribution in [0.1, 0.15) is 67.3 Å². The van der Waals surface area contributed by atoms with Crippen LogP contribution in [-0.4, -0.2) is 47.4 Å². The molecular formula is C35H41N5O. The monoisotopic (exact) mass is 547 g/mol. The van der Waals surface area contributed by atoms with Gasteiger partial charge in [0, 0.05) is 11.9 Å². The molecule has 4 atom stereocenters. The molecule has 6 rings (SSSR count). The second-order valence-electron chi connectivity index (χ2n) is 11.6. The molecule has 212 valence electrons. The molecular weight excluding hydrogens is 506 g/mol. The lowest BCUT2D eigenvalue weighted by molar-refractivity contribution is 0.156. The highest BCUT2D eigenvalue weighted by Gasteiger charge is 2.36. The SMILES string of the molecule is N=C1CC[C@H](CC/C=N/N2CC2c2ccccc2)[C@H]1CC/C(COCc1ccccc1)=N\N1CC1c1ccccc1. The van der Waals surface area contributed by atoms with E-state index in [9.17, 15) is 0 Å². The van der Waals surface area contributed by atoms with Crippen LogP contribution in [0.15, 0.2) is 101 Å². The summed E-state index contributed by atoms with van der Waals surface area (Å²) in [7, 11) is 0.